The Kier molecular flexibility index (Phi) is 9.30. The summed E-state index contributed by atoms with van der Waals surface area (Å²) in [4.78, 5) is 0. The van der Waals surface area contributed by atoms with Crippen molar-refractivity contribution in [2.45, 2.75) is 78.9 Å². The Morgan fingerprint density at radius 3 is 1.97 bits per heavy atom. The van der Waals surface area contributed by atoms with E-state index in [1.165, 1.54) is 16.7 Å². The van der Waals surface area contributed by atoms with Crippen LogP contribution >= 0.6 is 0 Å². The summed E-state index contributed by atoms with van der Waals surface area (Å²) >= 11 is 0. The van der Waals surface area contributed by atoms with Crippen molar-refractivity contribution >= 4 is 6.08 Å². The van der Waals surface area contributed by atoms with Crippen LogP contribution in [0.4, 0.5) is 0 Å². The first-order valence-electron chi connectivity index (χ1n) is 12.0. The van der Waals surface area contributed by atoms with Gasteiger partial charge in [-0.25, -0.2) is 0 Å². The van der Waals surface area contributed by atoms with Crippen LogP contribution in [-0.4, -0.2) is 40.7 Å². The van der Waals surface area contributed by atoms with Crippen molar-refractivity contribution in [1.82, 2.24) is 0 Å². The summed E-state index contributed by atoms with van der Waals surface area (Å²) in [5.74, 6) is 0.724. The number of aliphatic hydroxyl groups is 3. The number of aryl methyl sites for hydroxylation is 2. The molecule has 0 aliphatic carbocycles. The molecular weight excluding hydrogens is 412 g/mol. The topological polar surface area (TPSA) is 69.9 Å². The number of hydrogen-bond acceptors (Lipinski definition) is 4. The van der Waals surface area contributed by atoms with Crippen LogP contribution in [0.3, 0.4) is 0 Å². The van der Waals surface area contributed by atoms with Gasteiger partial charge in [-0.05, 0) is 66.0 Å². The Bertz CT molecular complexity index is 935. The molecule has 0 heterocycles. The second-order valence-corrected chi connectivity index (χ2v) is 10.2. The molecule has 3 N–H and O–H groups in total. The van der Waals surface area contributed by atoms with E-state index in [2.05, 4.69) is 51.1 Å². The van der Waals surface area contributed by atoms with Crippen molar-refractivity contribution in [3.8, 4) is 5.75 Å². The monoisotopic (exact) mass is 454 g/mol. The molecule has 0 aromatic heterocycles. The molecule has 0 fully saturated rings. The number of rotatable bonds is 10. The summed E-state index contributed by atoms with van der Waals surface area (Å²) in [5, 5.41) is 29.0. The van der Waals surface area contributed by atoms with E-state index in [0.717, 1.165) is 29.7 Å². The standard InChI is InChI=1S/C29H42O4/c1-8-29(9-2,24-13-14-26(21(4)17-24)33-19-25(31)18-30)23-12-10-22(20(3)16-23)11-15-27(32)28(5,6)7/h10-17,25,27,30-32H,8-9,18-19H2,1-7H3/t25-,27?/m0/s1. The third-order valence-electron chi connectivity index (χ3n) is 6.74. The highest BCUT2D eigenvalue weighted by Gasteiger charge is 2.31. The zero-order valence-electron chi connectivity index (χ0n) is 21.4. The SMILES string of the molecule is CCC(CC)(c1ccc(C=CC(O)C(C)(C)C)c(C)c1)c1ccc(OC[C@@H](O)CO)c(C)c1. The van der Waals surface area contributed by atoms with E-state index in [1.54, 1.807) is 0 Å². The predicted molar refractivity (Wildman–Crippen MR) is 137 cm³/mol. The van der Waals surface area contributed by atoms with Crippen molar-refractivity contribution in [2.75, 3.05) is 13.2 Å². The molecule has 2 atom stereocenters. The van der Waals surface area contributed by atoms with Crippen LogP contribution in [0.5, 0.6) is 5.75 Å². The summed E-state index contributed by atoms with van der Waals surface area (Å²) in [7, 11) is 0. The van der Waals surface area contributed by atoms with Crippen molar-refractivity contribution in [3.05, 3.63) is 70.3 Å². The highest BCUT2D eigenvalue weighted by Crippen LogP contribution is 2.41. The summed E-state index contributed by atoms with van der Waals surface area (Å²) in [6, 6.07) is 12.9. The van der Waals surface area contributed by atoms with Crippen LogP contribution in [0.2, 0.25) is 0 Å². The van der Waals surface area contributed by atoms with E-state index in [4.69, 9.17) is 9.84 Å². The lowest BCUT2D eigenvalue weighted by molar-refractivity contribution is 0.0534. The molecule has 33 heavy (non-hydrogen) atoms. The molecule has 4 heteroatoms. The van der Waals surface area contributed by atoms with Gasteiger partial charge in [0.25, 0.3) is 0 Å². The first-order valence-corrected chi connectivity index (χ1v) is 12.0. The van der Waals surface area contributed by atoms with Crippen LogP contribution in [-0.2, 0) is 5.41 Å². The van der Waals surface area contributed by atoms with Gasteiger partial charge in [0.15, 0.2) is 0 Å². The van der Waals surface area contributed by atoms with Gasteiger partial charge in [-0.1, -0.05) is 77.1 Å². The lowest BCUT2D eigenvalue weighted by atomic mass is 9.70. The van der Waals surface area contributed by atoms with E-state index in [0.29, 0.717) is 0 Å². The van der Waals surface area contributed by atoms with Gasteiger partial charge < -0.3 is 20.1 Å². The molecule has 4 nitrogen and oxygen atoms in total. The van der Waals surface area contributed by atoms with Gasteiger partial charge in [-0.2, -0.15) is 0 Å². The van der Waals surface area contributed by atoms with Crippen LogP contribution in [0.1, 0.15) is 75.3 Å². The molecule has 182 valence electrons. The minimum atomic E-state index is -0.880. The summed E-state index contributed by atoms with van der Waals surface area (Å²) < 4.78 is 5.70. The molecular formula is C29H42O4. The largest absolute Gasteiger partial charge is 0.491 e. The molecule has 0 aliphatic heterocycles. The molecule has 0 saturated carbocycles. The minimum absolute atomic E-state index is 0.0709. The van der Waals surface area contributed by atoms with E-state index in [9.17, 15) is 10.2 Å². The maximum atomic E-state index is 10.4. The quantitative estimate of drug-likeness (QED) is 0.439. The molecule has 0 amide bonds. The number of benzene rings is 2. The fraction of sp³-hybridized carbons (Fsp3) is 0.517. The van der Waals surface area contributed by atoms with Crippen molar-refractivity contribution < 1.29 is 20.1 Å². The fourth-order valence-electron chi connectivity index (χ4n) is 4.22. The van der Waals surface area contributed by atoms with Crippen LogP contribution in [0, 0.1) is 19.3 Å². The van der Waals surface area contributed by atoms with Gasteiger partial charge in [0.2, 0.25) is 0 Å². The molecule has 0 spiro atoms. The summed E-state index contributed by atoms with van der Waals surface area (Å²) in [6.45, 7) is 14.4. The smallest absolute Gasteiger partial charge is 0.122 e. The van der Waals surface area contributed by atoms with Gasteiger partial charge in [-0.15, -0.1) is 0 Å². The zero-order chi connectivity index (χ0) is 24.8. The van der Waals surface area contributed by atoms with Gasteiger partial charge in [0.1, 0.15) is 18.5 Å². The van der Waals surface area contributed by atoms with Gasteiger partial charge in [0, 0.05) is 5.41 Å². The third-order valence-corrected chi connectivity index (χ3v) is 6.74. The van der Waals surface area contributed by atoms with Crippen molar-refractivity contribution in [3.63, 3.8) is 0 Å². The van der Waals surface area contributed by atoms with E-state index < -0.39 is 12.2 Å². The molecule has 1 unspecified atom stereocenters. The molecule has 0 radical (unpaired) electrons. The first kappa shape index (κ1) is 27.1. The summed E-state index contributed by atoms with van der Waals surface area (Å²) in [5.41, 5.74) is 5.53. The van der Waals surface area contributed by atoms with Crippen LogP contribution < -0.4 is 4.74 Å². The van der Waals surface area contributed by atoms with E-state index >= 15 is 0 Å². The Labute approximate surface area is 199 Å². The van der Waals surface area contributed by atoms with Gasteiger partial charge in [0.05, 0.1) is 12.7 Å². The number of hydrogen-bond donors (Lipinski definition) is 3. The van der Waals surface area contributed by atoms with Gasteiger partial charge >= 0.3 is 0 Å². The van der Waals surface area contributed by atoms with Crippen molar-refractivity contribution in [2.24, 2.45) is 5.41 Å². The second kappa shape index (κ2) is 11.3. The van der Waals surface area contributed by atoms with Crippen LogP contribution in [0.15, 0.2) is 42.5 Å². The molecule has 0 saturated heterocycles. The molecule has 2 aromatic carbocycles. The lowest BCUT2D eigenvalue weighted by Crippen LogP contribution is -2.26. The van der Waals surface area contributed by atoms with Crippen molar-refractivity contribution in [1.29, 1.82) is 0 Å². The fourth-order valence-corrected chi connectivity index (χ4v) is 4.22. The lowest BCUT2D eigenvalue weighted by Gasteiger charge is -2.34. The maximum absolute atomic E-state index is 10.4. The summed E-state index contributed by atoms with van der Waals surface area (Å²) in [6.07, 6.45) is 4.45. The van der Waals surface area contributed by atoms with Crippen LogP contribution in [0.25, 0.3) is 6.08 Å². The zero-order valence-corrected chi connectivity index (χ0v) is 21.4. The average molecular weight is 455 g/mol. The molecule has 2 aromatic rings. The third kappa shape index (κ3) is 6.47. The highest BCUT2D eigenvalue weighted by molar-refractivity contribution is 5.57. The normalized spacial score (nSPS) is 14.5. The Morgan fingerprint density at radius 1 is 0.909 bits per heavy atom. The predicted octanol–water partition coefficient (Wildman–Crippen LogP) is 5.56. The second-order valence-electron chi connectivity index (χ2n) is 10.2. The average Bonchev–Trinajstić information content (AvgIpc) is 2.78. The Hall–Kier alpha value is -2.14. The van der Waals surface area contributed by atoms with Gasteiger partial charge in [-0.3, -0.25) is 0 Å². The number of ether oxygens (including phenoxy) is 1. The number of aliphatic hydroxyl groups excluding tert-OH is 3. The first-order chi connectivity index (χ1) is 15.5. The highest BCUT2D eigenvalue weighted by atomic mass is 16.5. The Morgan fingerprint density at radius 2 is 1.48 bits per heavy atom. The molecule has 0 aliphatic rings. The Balaban J connectivity index is 2.38. The van der Waals surface area contributed by atoms with E-state index in [-0.39, 0.29) is 24.0 Å². The molecule has 0 bridgehead atoms. The van der Waals surface area contributed by atoms with E-state index in [1.807, 2.05) is 45.9 Å². The minimum Gasteiger partial charge on any atom is -0.491 e. The maximum Gasteiger partial charge on any atom is 0.122 e. The molecule has 2 rings (SSSR count).